The zero-order valence-electron chi connectivity index (χ0n) is 15.0. The standard InChI is InChI=1S/C20H22N2O4/c1-22(12-18(23)21-9-10-25-2)19(24)11-15-13-26-17-8-7-14-5-3-4-6-16(14)20(15)17/h3-8,13H,9-12H2,1-2H3,(H,21,23). The molecular weight excluding hydrogens is 332 g/mol. The van der Waals surface area contributed by atoms with Crippen LogP contribution >= 0.6 is 0 Å². The van der Waals surface area contributed by atoms with Crippen molar-refractivity contribution in [2.45, 2.75) is 6.42 Å². The summed E-state index contributed by atoms with van der Waals surface area (Å²) in [5.74, 6) is -0.345. The average molecular weight is 354 g/mol. The number of methoxy groups -OCH3 is 1. The minimum Gasteiger partial charge on any atom is -0.464 e. The summed E-state index contributed by atoms with van der Waals surface area (Å²) >= 11 is 0. The Morgan fingerprint density at radius 2 is 2.00 bits per heavy atom. The molecule has 6 nitrogen and oxygen atoms in total. The molecule has 0 aliphatic heterocycles. The Kier molecular flexibility index (Phi) is 5.53. The van der Waals surface area contributed by atoms with Crippen molar-refractivity contribution in [1.82, 2.24) is 10.2 Å². The molecule has 3 rings (SSSR count). The van der Waals surface area contributed by atoms with Gasteiger partial charge in [0, 0.05) is 31.7 Å². The summed E-state index contributed by atoms with van der Waals surface area (Å²) in [5.41, 5.74) is 1.58. The van der Waals surface area contributed by atoms with E-state index in [1.807, 2.05) is 36.4 Å². The molecule has 136 valence electrons. The maximum atomic E-state index is 12.5. The average Bonchev–Trinajstić information content (AvgIpc) is 3.05. The summed E-state index contributed by atoms with van der Waals surface area (Å²) < 4.78 is 10.5. The van der Waals surface area contributed by atoms with Crippen LogP contribution in [0.2, 0.25) is 0 Å². The lowest BCUT2D eigenvalue weighted by Gasteiger charge is -2.16. The highest BCUT2D eigenvalue weighted by atomic mass is 16.5. The number of hydrogen-bond acceptors (Lipinski definition) is 4. The van der Waals surface area contributed by atoms with E-state index in [4.69, 9.17) is 9.15 Å². The second kappa shape index (κ2) is 8.01. The van der Waals surface area contributed by atoms with Crippen LogP contribution in [0.4, 0.5) is 0 Å². The number of furan rings is 1. The predicted molar refractivity (Wildman–Crippen MR) is 99.9 cm³/mol. The molecule has 0 saturated carbocycles. The van der Waals surface area contributed by atoms with E-state index in [0.717, 1.165) is 27.3 Å². The molecule has 1 aromatic heterocycles. The zero-order valence-corrected chi connectivity index (χ0v) is 15.0. The van der Waals surface area contributed by atoms with Crippen LogP contribution < -0.4 is 5.32 Å². The number of carbonyl (C=O) groups is 2. The SMILES string of the molecule is COCCNC(=O)CN(C)C(=O)Cc1coc2ccc3ccccc3c12. The van der Waals surface area contributed by atoms with Gasteiger partial charge in [0.15, 0.2) is 0 Å². The maximum absolute atomic E-state index is 12.5. The lowest BCUT2D eigenvalue weighted by Crippen LogP contribution is -2.39. The summed E-state index contributed by atoms with van der Waals surface area (Å²) in [6.45, 7) is 0.881. The monoisotopic (exact) mass is 354 g/mol. The lowest BCUT2D eigenvalue weighted by molar-refractivity contribution is -0.134. The Balaban J connectivity index is 1.73. The van der Waals surface area contributed by atoms with Crippen molar-refractivity contribution >= 4 is 33.6 Å². The first-order valence-corrected chi connectivity index (χ1v) is 8.47. The van der Waals surface area contributed by atoms with Crippen molar-refractivity contribution in [2.75, 3.05) is 33.9 Å². The van der Waals surface area contributed by atoms with Gasteiger partial charge in [0.2, 0.25) is 11.8 Å². The Labute approximate surface area is 151 Å². The summed E-state index contributed by atoms with van der Waals surface area (Å²) in [4.78, 5) is 25.8. The molecule has 2 amide bonds. The molecule has 1 N–H and O–H groups in total. The van der Waals surface area contributed by atoms with Crippen molar-refractivity contribution < 1.29 is 18.7 Å². The van der Waals surface area contributed by atoms with E-state index >= 15 is 0 Å². The van der Waals surface area contributed by atoms with E-state index in [0.29, 0.717) is 13.2 Å². The third-order valence-corrected chi connectivity index (χ3v) is 4.32. The smallest absolute Gasteiger partial charge is 0.239 e. The van der Waals surface area contributed by atoms with E-state index in [1.165, 1.54) is 4.90 Å². The molecule has 0 aliphatic carbocycles. The Morgan fingerprint density at radius 1 is 1.19 bits per heavy atom. The van der Waals surface area contributed by atoms with Crippen molar-refractivity contribution in [3.05, 3.63) is 48.2 Å². The molecule has 6 heteroatoms. The predicted octanol–water partition coefficient (Wildman–Crippen LogP) is 2.35. The van der Waals surface area contributed by atoms with Crippen LogP contribution in [0, 0.1) is 0 Å². The lowest BCUT2D eigenvalue weighted by atomic mass is 10.0. The van der Waals surface area contributed by atoms with Crippen molar-refractivity contribution in [2.24, 2.45) is 0 Å². The second-order valence-corrected chi connectivity index (χ2v) is 6.19. The zero-order chi connectivity index (χ0) is 18.5. The van der Waals surface area contributed by atoms with Gasteiger partial charge in [0.1, 0.15) is 5.58 Å². The molecular formula is C20H22N2O4. The molecule has 0 atom stereocenters. The number of likely N-dealkylation sites (N-methyl/N-ethyl adjacent to an activating group) is 1. The molecule has 2 aromatic carbocycles. The molecule has 3 aromatic rings. The van der Waals surface area contributed by atoms with Crippen LogP contribution in [0.15, 0.2) is 47.1 Å². The van der Waals surface area contributed by atoms with Gasteiger partial charge in [-0.2, -0.15) is 0 Å². The molecule has 0 fully saturated rings. The number of benzene rings is 2. The highest BCUT2D eigenvalue weighted by molar-refractivity contribution is 6.08. The van der Waals surface area contributed by atoms with Crippen LogP contribution in [0.3, 0.4) is 0 Å². The first-order chi connectivity index (χ1) is 12.6. The van der Waals surface area contributed by atoms with Gasteiger partial charge in [-0.1, -0.05) is 30.3 Å². The number of ether oxygens (including phenoxy) is 1. The van der Waals surface area contributed by atoms with E-state index in [2.05, 4.69) is 5.32 Å². The number of amides is 2. The van der Waals surface area contributed by atoms with Gasteiger partial charge >= 0.3 is 0 Å². The van der Waals surface area contributed by atoms with E-state index in [-0.39, 0.29) is 24.8 Å². The summed E-state index contributed by atoms with van der Waals surface area (Å²) in [7, 11) is 3.19. The van der Waals surface area contributed by atoms with Crippen molar-refractivity contribution in [3.8, 4) is 0 Å². The number of nitrogens with zero attached hydrogens (tertiary/aromatic N) is 1. The number of hydrogen-bond donors (Lipinski definition) is 1. The van der Waals surface area contributed by atoms with Gasteiger partial charge in [0.25, 0.3) is 0 Å². The summed E-state index contributed by atoms with van der Waals surface area (Å²) in [6.07, 6.45) is 1.81. The number of nitrogens with one attached hydrogen (secondary N) is 1. The highest BCUT2D eigenvalue weighted by Crippen LogP contribution is 2.30. The normalized spacial score (nSPS) is 11.0. The van der Waals surface area contributed by atoms with Gasteiger partial charge in [-0.3, -0.25) is 9.59 Å². The molecule has 0 aliphatic rings. The quantitative estimate of drug-likeness (QED) is 0.661. The molecule has 0 saturated heterocycles. The van der Waals surface area contributed by atoms with E-state index < -0.39 is 0 Å². The molecule has 0 radical (unpaired) electrons. The number of carbonyl (C=O) groups excluding carboxylic acids is 2. The van der Waals surface area contributed by atoms with Gasteiger partial charge < -0.3 is 19.4 Å². The molecule has 26 heavy (non-hydrogen) atoms. The van der Waals surface area contributed by atoms with Gasteiger partial charge in [0.05, 0.1) is 25.8 Å². The first kappa shape index (κ1) is 17.9. The van der Waals surface area contributed by atoms with Gasteiger partial charge in [-0.15, -0.1) is 0 Å². The Hall–Kier alpha value is -2.86. The number of rotatable bonds is 7. The molecule has 1 heterocycles. The maximum Gasteiger partial charge on any atom is 0.239 e. The molecule has 0 unspecified atom stereocenters. The van der Waals surface area contributed by atoms with Crippen LogP contribution in [0.1, 0.15) is 5.56 Å². The molecule has 0 bridgehead atoms. The fraction of sp³-hybridized carbons (Fsp3) is 0.300. The van der Waals surface area contributed by atoms with Crippen LogP contribution in [-0.4, -0.2) is 50.6 Å². The van der Waals surface area contributed by atoms with Crippen molar-refractivity contribution in [3.63, 3.8) is 0 Å². The van der Waals surface area contributed by atoms with Crippen molar-refractivity contribution in [1.29, 1.82) is 0 Å². The van der Waals surface area contributed by atoms with Gasteiger partial charge in [-0.25, -0.2) is 0 Å². The number of fused-ring (bicyclic) bond motifs is 3. The topological polar surface area (TPSA) is 71.8 Å². The van der Waals surface area contributed by atoms with Gasteiger partial charge in [-0.05, 0) is 16.8 Å². The van der Waals surface area contributed by atoms with Crippen LogP contribution in [0.5, 0.6) is 0 Å². The largest absolute Gasteiger partial charge is 0.464 e. The van der Waals surface area contributed by atoms with Crippen LogP contribution in [-0.2, 0) is 20.7 Å². The highest BCUT2D eigenvalue weighted by Gasteiger charge is 2.17. The fourth-order valence-electron chi connectivity index (χ4n) is 2.95. The minimum atomic E-state index is -0.208. The third-order valence-electron chi connectivity index (χ3n) is 4.32. The Morgan fingerprint density at radius 3 is 2.81 bits per heavy atom. The van der Waals surface area contributed by atoms with E-state index in [9.17, 15) is 9.59 Å². The summed E-state index contributed by atoms with van der Waals surface area (Å²) in [6, 6.07) is 11.9. The van der Waals surface area contributed by atoms with Crippen LogP contribution in [0.25, 0.3) is 21.7 Å². The second-order valence-electron chi connectivity index (χ2n) is 6.19. The first-order valence-electron chi connectivity index (χ1n) is 8.47. The summed E-state index contributed by atoms with van der Waals surface area (Å²) in [5, 5.41) is 5.81. The Bertz CT molecular complexity index is 932. The molecule has 0 spiro atoms. The fourth-order valence-corrected chi connectivity index (χ4v) is 2.95. The minimum absolute atomic E-state index is 0.0130. The van der Waals surface area contributed by atoms with E-state index in [1.54, 1.807) is 20.4 Å². The third kappa shape index (κ3) is 3.86.